The van der Waals surface area contributed by atoms with E-state index in [2.05, 4.69) is 39.3 Å². The Morgan fingerprint density at radius 2 is 1.93 bits per heavy atom. The van der Waals surface area contributed by atoms with Gasteiger partial charge >= 0.3 is 0 Å². The number of nitrogens with one attached hydrogen (secondary N) is 1. The SMILES string of the molecule is CCNC(=NCCCc1ccc(OC)cc1)N1CCN(Cc2ccon2)CC1.I. The molecule has 1 aromatic carbocycles. The summed E-state index contributed by atoms with van der Waals surface area (Å²) < 4.78 is 10.1. The van der Waals surface area contributed by atoms with Crippen LogP contribution in [0.5, 0.6) is 5.75 Å². The van der Waals surface area contributed by atoms with Gasteiger partial charge in [0.05, 0.1) is 12.8 Å². The minimum absolute atomic E-state index is 0. The first kappa shape index (κ1) is 23.5. The second-order valence-electron chi connectivity index (χ2n) is 6.94. The lowest BCUT2D eigenvalue weighted by Crippen LogP contribution is -2.52. The quantitative estimate of drug-likeness (QED) is 0.254. The van der Waals surface area contributed by atoms with Gasteiger partial charge in [-0.05, 0) is 37.5 Å². The summed E-state index contributed by atoms with van der Waals surface area (Å²) in [6, 6.07) is 10.2. The Bertz CT molecular complexity index is 713. The molecule has 0 aliphatic carbocycles. The van der Waals surface area contributed by atoms with Crippen LogP contribution in [-0.4, -0.2) is 67.3 Å². The van der Waals surface area contributed by atoms with E-state index in [1.165, 1.54) is 5.56 Å². The number of guanidine groups is 1. The molecule has 0 saturated carbocycles. The summed E-state index contributed by atoms with van der Waals surface area (Å²) in [5.74, 6) is 1.93. The highest BCUT2D eigenvalue weighted by molar-refractivity contribution is 14.0. The maximum Gasteiger partial charge on any atom is 0.194 e. The van der Waals surface area contributed by atoms with Crippen molar-refractivity contribution in [3.05, 3.63) is 47.9 Å². The van der Waals surface area contributed by atoms with Gasteiger partial charge in [0.2, 0.25) is 0 Å². The predicted molar refractivity (Wildman–Crippen MR) is 126 cm³/mol. The third-order valence-corrected chi connectivity index (χ3v) is 4.93. The smallest absolute Gasteiger partial charge is 0.194 e. The molecular weight excluding hydrogens is 481 g/mol. The van der Waals surface area contributed by atoms with Crippen molar-refractivity contribution in [2.75, 3.05) is 46.4 Å². The molecule has 3 rings (SSSR count). The lowest BCUT2D eigenvalue weighted by atomic mass is 10.1. The number of hydrogen-bond acceptors (Lipinski definition) is 5. The zero-order valence-electron chi connectivity index (χ0n) is 17.3. The van der Waals surface area contributed by atoms with Gasteiger partial charge in [0.25, 0.3) is 0 Å². The molecule has 2 heterocycles. The van der Waals surface area contributed by atoms with Crippen LogP contribution in [0.4, 0.5) is 0 Å². The van der Waals surface area contributed by atoms with E-state index in [1.807, 2.05) is 18.2 Å². The van der Waals surface area contributed by atoms with Crippen molar-refractivity contribution >= 4 is 29.9 Å². The second-order valence-corrected chi connectivity index (χ2v) is 6.94. The van der Waals surface area contributed by atoms with E-state index in [0.717, 1.165) is 76.1 Å². The van der Waals surface area contributed by atoms with E-state index < -0.39 is 0 Å². The van der Waals surface area contributed by atoms with Crippen LogP contribution >= 0.6 is 24.0 Å². The van der Waals surface area contributed by atoms with Crippen LogP contribution in [0, 0.1) is 0 Å². The molecule has 1 N–H and O–H groups in total. The molecular formula is C21H32IN5O2. The van der Waals surface area contributed by atoms with E-state index in [0.29, 0.717) is 0 Å². The van der Waals surface area contributed by atoms with Gasteiger partial charge in [-0.15, -0.1) is 24.0 Å². The van der Waals surface area contributed by atoms with Crippen LogP contribution in [0.15, 0.2) is 46.1 Å². The highest BCUT2D eigenvalue weighted by Crippen LogP contribution is 2.13. The van der Waals surface area contributed by atoms with Crippen LogP contribution in [0.25, 0.3) is 0 Å². The van der Waals surface area contributed by atoms with Crippen molar-refractivity contribution in [2.45, 2.75) is 26.3 Å². The highest BCUT2D eigenvalue weighted by Gasteiger charge is 2.20. The van der Waals surface area contributed by atoms with Gasteiger partial charge in [-0.2, -0.15) is 0 Å². The molecule has 0 atom stereocenters. The van der Waals surface area contributed by atoms with Crippen molar-refractivity contribution < 1.29 is 9.26 Å². The molecule has 7 nitrogen and oxygen atoms in total. The van der Waals surface area contributed by atoms with Crippen LogP contribution in [0.2, 0.25) is 0 Å². The topological polar surface area (TPSA) is 66.1 Å². The molecule has 29 heavy (non-hydrogen) atoms. The first-order valence-corrected chi connectivity index (χ1v) is 10.1. The third kappa shape index (κ3) is 7.50. The molecule has 1 aliphatic heterocycles. The number of halogens is 1. The van der Waals surface area contributed by atoms with Gasteiger partial charge in [-0.1, -0.05) is 17.3 Å². The lowest BCUT2D eigenvalue weighted by molar-refractivity contribution is 0.169. The largest absolute Gasteiger partial charge is 0.497 e. The van der Waals surface area contributed by atoms with Crippen molar-refractivity contribution in [3.63, 3.8) is 0 Å². The number of methoxy groups -OCH3 is 1. The predicted octanol–water partition coefficient (Wildman–Crippen LogP) is 3.02. The summed E-state index contributed by atoms with van der Waals surface area (Å²) >= 11 is 0. The molecule has 1 fully saturated rings. The number of rotatable bonds is 8. The standard InChI is InChI=1S/C21H31N5O2.HI/c1-3-22-21(23-11-4-5-18-6-8-20(27-2)9-7-18)26-14-12-25(13-15-26)17-19-10-16-28-24-19;/h6-10,16H,3-5,11-15,17H2,1-2H3,(H,22,23);1H. The normalized spacial score (nSPS) is 15.1. The summed E-state index contributed by atoms with van der Waals surface area (Å²) in [6.45, 7) is 8.63. The van der Waals surface area contributed by atoms with Crippen molar-refractivity contribution in [1.82, 2.24) is 20.3 Å². The van der Waals surface area contributed by atoms with Crippen LogP contribution in [0.3, 0.4) is 0 Å². The van der Waals surface area contributed by atoms with Gasteiger partial charge in [0.1, 0.15) is 12.0 Å². The maximum absolute atomic E-state index is 5.21. The van der Waals surface area contributed by atoms with Crippen molar-refractivity contribution in [2.24, 2.45) is 4.99 Å². The number of hydrogen-bond donors (Lipinski definition) is 1. The number of aliphatic imine (C=N–C) groups is 1. The average Bonchev–Trinajstić information content (AvgIpc) is 3.24. The number of aryl methyl sites for hydroxylation is 1. The highest BCUT2D eigenvalue weighted by atomic mass is 127. The Hall–Kier alpha value is -1.81. The van der Waals surface area contributed by atoms with Gasteiger partial charge in [-0.25, -0.2) is 0 Å². The molecule has 0 bridgehead atoms. The molecule has 1 aromatic heterocycles. The van der Waals surface area contributed by atoms with E-state index in [4.69, 9.17) is 14.3 Å². The number of benzene rings is 1. The Morgan fingerprint density at radius 3 is 2.55 bits per heavy atom. The lowest BCUT2D eigenvalue weighted by Gasteiger charge is -2.36. The van der Waals surface area contributed by atoms with Gasteiger partial charge in [0.15, 0.2) is 5.96 Å². The van der Waals surface area contributed by atoms with E-state index >= 15 is 0 Å². The molecule has 0 unspecified atom stereocenters. The molecule has 0 radical (unpaired) electrons. The van der Waals surface area contributed by atoms with Gasteiger partial charge in [0, 0.05) is 51.9 Å². The number of nitrogens with zero attached hydrogens (tertiary/aromatic N) is 4. The van der Waals surface area contributed by atoms with Gasteiger partial charge < -0.3 is 19.5 Å². The number of aromatic nitrogens is 1. The Balaban J connectivity index is 0.00000300. The summed E-state index contributed by atoms with van der Waals surface area (Å²) in [7, 11) is 1.69. The Labute approximate surface area is 190 Å². The molecule has 0 amide bonds. The van der Waals surface area contributed by atoms with Crippen LogP contribution in [0.1, 0.15) is 24.6 Å². The molecule has 8 heteroatoms. The fourth-order valence-electron chi connectivity index (χ4n) is 3.35. The van der Waals surface area contributed by atoms with E-state index in [-0.39, 0.29) is 24.0 Å². The Morgan fingerprint density at radius 1 is 1.17 bits per heavy atom. The monoisotopic (exact) mass is 513 g/mol. The fraction of sp³-hybridized carbons (Fsp3) is 0.524. The number of ether oxygens (including phenoxy) is 1. The van der Waals surface area contributed by atoms with E-state index in [1.54, 1.807) is 13.4 Å². The molecule has 160 valence electrons. The number of piperazine rings is 1. The third-order valence-electron chi connectivity index (χ3n) is 4.93. The zero-order chi connectivity index (χ0) is 19.6. The first-order valence-electron chi connectivity index (χ1n) is 10.1. The molecule has 1 saturated heterocycles. The molecule has 2 aromatic rings. The second kappa shape index (κ2) is 12.7. The summed E-state index contributed by atoms with van der Waals surface area (Å²) in [5, 5.41) is 7.45. The first-order chi connectivity index (χ1) is 13.8. The fourth-order valence-corrected chi connectivity index (χ4v) is 3.35. The van der Waals surface area contributed by atoms with Crippen molar-refractivity contribution in [3.8, 4) is 5.75 Å². The maximum atomic E-state index is 5.21. The summed E-state index contributed by atoms with van der Waals surface area (Å²) in [5.41, 5.74) is 2.31. The van der Waals surface area contributed by atoms with E-state index in [9.17, 15) is 0 Å². The average molecular weight is 513 g/mol. The minimum atomic E-state index is 0. The molecule has 1 aliphatic rings. The minimum Gasteiger partial charge on any atom is -0.497 e. The summed E-state index contributed by atoms with van der Waals surface area (Å²) in [6.07, 6.45) is 3.69. The van der Waals surface area contributed by atoms with Crippen LogP contribution in [-0.2, 0) is 13.0 Å². The zero-order valence-corrected chi connectivity index (χ0v) is 19.7. The van der Waals surface area contributed by atoms with Gasteiger partial charge in [-0.3, -0.25) is 9.89 Å². The summed E-state index contributed by atoms with van der Waals surface area (Å²) in [4.78, 5) is 9.61. The molecule has 0 spiro atoms. The van der Waals surface area contributed by atoms with Crippen molar-refractivity contribution in [1.29, 1.82) is 0 Å². The van der Waals surface area contributed by atoms with Crippen LogP contribution < -0.4 is 10.1 Å². The Kier molecular flexibility index (Phi) is 10.3.